The van der Waals surface area contributed by atoms with Crippen molar-refractivity contribution in [3.8, 4) is 0 Å². The highest BCUT2D eigenvalue weighted by molar-refractivity contribution is 7.86. The second-order valence-electron chi connectivity index (χ2n) is 2.13. The van der Waals surface area contributed by atoms with Gasteiger partial charge in [0.05, 0.1) is 6.61 Å². The normalized spacial score (nSPS) is 13.4. The van der Waals surface area contributed by atoms with Gasteiger partial charge in [-0.05, 0) is 0 Å². The Bertz CT molecular complexity index is 279. The van der Waals surface area contributed by atoms with Gasteiger partial charge < -0.3 is 9.84 Å². The molecule has 0 spiro atoms. The lowest BCUT2D eigenvalue weighted by Gasteiger charge is -2.06. The number of hydrogen-bond donors (Lipinski definition) is 2. The van der Waals surface area contributed by atoms with E-state index in [1.165, 1.54) is 0 Å². The Morgan fingerprint density at radius 1 is 1.62 bits per heavy atom. The van der Waals surface area contributed by atoms with Gasteiger partial charge in [0, 0.05) is 12.5 Å². The Morgan fingerprint density at radius 3 is 2.54 bits per heavy atom. The lowest BCUT2D eigenvalue weighted by molar-refractivity contribution is -0.138. The van der Waals surface area contributed by atoms with Crippen LogP contribution in [0.4, 0.5) is 0 Å². The van der Waals surface area contributed by atoms with Gasteiger partial charge in [0.1, 0.15) is 0 Å². The zero-order valence-electron chi connectivity index (χ0n) is 6.71. The molecule has 0 saturated carbocycles. The molecule has 0 aliphatic rings. The summed E-state index contributed by atoms with van der Waals surface area (Å²) >= 11 is 0. The molecule has 0 amide bonds. The van der Waals surface area contributed by atoms with Gasteiger partial charge in [-0.2, -0.15) is 8.42 Å². The van der Waals surface area contributed by atoms with Crippen molar-refractivity contribution in [2.75, 3.05) is 6.61 Å². The van der Waals surface area contributed by atoms with Gasteiger partial charge in [-0.1, -0.05) is 6.58 Å². The molecule has 2 N–H and O–H groups in total. The highest BCUT2D eigenvalue weighted by Crippen LogP contribution is 2.00. The topological polar surface area (TPSA) is 101 Å². The van der Waals surface area contributed by atoms with E-state index in [-0.39, 0.29) is 13.0 Å². The minimum absolute atomic E-state index is 0.300. The molecule has 7 heteroatoms. The zero-order chi connectivity index (χ0) is 10.5. The molecule has 0 saturated heterocycles. The summed E-state index contributed by atoms with van der Waals surface area (Å²) < 4.78 is 33.1. The number of aliphatic hydroxyl groups excluding tert-OH is 1. The molecule has 0 aromatic rings. The standard InChI is InChI=1S/C6H10O6S/c1-2-5(7)12-4-3-6(8)13(9,10)11/h2,6,8H,1,3-4H2,(H,9,10,11). The van der Waals surface area contributed by atoms with E-state index < -0.39 is 21.5 Å². The summed E-state index contributed by atoms with van der Waals surface area (Å²) in [7, 11) is -4.47. The van der Waals surface area contributed by atoms with Crippen molar-refractivity contribution in [1.29, 1.82) is 0 Å². The lowest BCUT2D eigenvalue weighted by atomic mass is 10.5. The molecule has 0 bridgehead atoms. The monoisotopic (exact) mass is 210 g/mol. The van der Waals surface area contributed by atoms with Gasteiger partial charge in [-0.25, -0.2) is 4.79 Å². The number of carbonyl (C=O) groups excluding carboxylic acids is 1. The summed E-state index contributed by atoms with van der Waals surface area (Å²) in [5.41, 5.74) is -1.93. The highest BCUT2D eigenvalue weighted by Gasteiger charge is 2.19. The van der Waals surface area contributed by atoms with Crippen molar-refractivity contribution in [2.24, 2.45) is 0 Å². The summed E-state index contributed by atoms with van der Waals surface area (Å²) in [5.74, 6) is -0.720. The van der Waals surface area contributed by atoms with Crippen molar-refractivity contribution in [1.82, 2.24) is 0 Å². The van der Waals surface area contributed by atoms with Crippen LogP contribution >= 0.6 is 0 Å². The minimum atomic E-state index is -4.47. The fourth-order valence-corrected chi connectivity index (χ4v) is 0.862. The molecular weight excluding hydrogens is 200 g/mol. The molecule has 0 fully saturated rings. The number of ether oxygens (including phenoxy) is 1. The predicted molar refractivity (Wildman–Crippen MR) is 43.3 cm³/mol. The second-order valence-corrected chi connectivity index (χ2v) is 3.70. The van der Waals surface area contributed by atoms with Crippen LogP contribution in [0.15, 0.2) is 12.7 Å². The Labute approximate surface area is 75.6 Å². The number of aliphatic hydroxyl groups is 1. The van der Waals surface area contributed by atoms with E-state index >= 15 is 0 Å². The molecule has 0 radical (unpaired) electrons. The summed E-state index contributed by atoms with van der Waals surface area (Å²) in [6.45, 7) is 2.80. The first-order valence-corrected chi connectivity index (χ1v) is 4.82. The molecule has 0 aromatic carbocycles. The van der Waals surface area contributed by atoms with Crippen LogP contribution in [0.1, 0.15) is 6.42 Å². The molecule has 0 aliphatic carbocycles. The molecule has 0 aliphatic heterocycles. The molecule has 6 nitrogen and oxygen atoms in total. The highest BCUT2D eigenvalue weighted by atomic mass is 32.2. The summed E-state index contributed by atoms with van der Waals surface area (Å²) in [6.07, 6.45) is 0.526. The van der Waals surface area contributed by atoms with Crippen LogP contribution in [0.5, 0.6) is 0 Å². The van der Waals surface area contributed by atoms with Crippen LogP contribution in [0.25, 0.3) is 0 Å². The first kappa shape index (κ1) is 12.1. The minimum Gasteiger partial charge on any atom is -0.462 e. The van der Waals surface area contributed by atoms with E-state index in [1.54, 1.807) is 0 Å². The average molecular weight is 210 g/mol. The van der Waals surface area contributed by atoms with Crippen molar-refractivity contribution in [2.45, 2.75) is 11.9 Å². The van der Waals surface area contributed by atoms with Crippen LogP contribution in [-0.4, -0.2) is 36.1 Å². The fraction of sp³-hybridized carbons (Fsp3) is 0.500. The summed E-state index contributed by atoms with van der Waals surface area (Å²) in [6, 6.07) is 0. The molecule has 76 valence electrons. The van der Waals surface area contributed by atoms with Crippen molar-refractivity contribution < 1.29 is 27.6 Å². The van der Waals surface area contributed by atoms with Crippen molar-refractivity contribution in [3.05, 3.63) is 12.7 Å². The third kappa shape index (κ3) is 5.34. The third-order valence-electron chi connectivity index (χ3n) is 1.12. The number of carbonyl (C=O) groups is 1. The smallest absolute Gasteiger partial charge is 0.330 e. The molecule has 1 atom stereocenters. The number of hydrogen-bond acceptors (Lipinski definition) is 5. The maximum Gasteiger partial charge on any atom is 0.330 e. The van der Waals surface area contributed by atoms with Crippen LogP contribution in [0.2, 0.25) is 0 Å². The van der Waals surface area contributed by atoms with E-state index in [0.29, 0.717) is 0 Å². The SMILES string of the molecule is C=CC(=O)OCCC(O)S(=O)(=O)O. The summed E-state index contributed by atoms with van der Waals surface area (Å²) in [5, 5.41) is 8.72. The Hall–Kier alpha value is -0.920. The van der Waals surface area contributed by atoms with E-state index in [4.69, 9.17) is 9.66 Å². The molecule has 0 heterocycles. The maximum atomic E-state index is 10.4. The Balaban J connectivity index is 3.79. The van der Waals surface area contributed by atoms with Crippen LogP contribution in [0, 0.1) is 0 Å². The van der Waals surface area contributed by atoms with Gasteiger partial charge in [-0.15, -0.1) is 0 Å². The Morgan fingerprint density at radius 2 is 2.15 bits per heavy atom. The molecule has 13 heavy (non-hydrogen) atoms. The molecule has 0 rings (SSSR count). The lowest BCUT2D eigenvalue weighted by Crippen LogP contribution is -2.22. The zero-order valence-corrected chi connectivity index (χ0v) is 7.53. The maximum absolute atomic E-state index is 10.4. The molecule has 1 unspecified atom stereocenters. The van der Waals surface area contributed by atoms with Crippen LogP contribution in [0.3, 0.4) is 0 Å². The van der Waals surface area contributed by atoms with Crippen molar-refractivity contribution in [3.63, 3.8) is 0 Å². The number of rotatable bonds is 5. The molecular formula is C6H10O6S. The van der Waals surface area contributed by atoms with Crippen LogP contribution < -0.4 is 0 Å². The van der Waals surface area contributed by atoms with Crippen LogP contribution in [-0.2, 0) is 19.6 Å². The van der Waals surface area contributed by atoms with Gasteiger partial charge in [0.2, 0.25) is 0 Å². The van der Waals surface area contributed by atoms with Gasteiger partial charge >= 0.3 is 5.97 Å². The van der Waals surface area contributed by atoms with E-state index in [0.717, 1.165) is 6.08 Å². The second kappa shape index (κ2) is 4.95. The Kier molecular flexibility index (Phi) is 4.60. The largest absolute Gasteiger partial charge is 0.462 e. The molecule has 0 aromatic heterocycles. The van der Waals surface area contributed by atoms with E-state index in [1.807, 2.05) is 0 Å². The van der Waals surface area contributed by atoms with Gasteiger partial charge in [0.25, 0.3) is 10.1 Å². The first-order valence-electron chi connectivity index (χ1n) is 3.31. The fourth-order valence-electron chi connectivity index (χ4n) is 0.468. The van der Waals surface area contributed by atoms with Gasteiger partial charge in [0.15, 0.2) is 5.44 Å². The quantitative estimate of drug-likeness (QED) is 0.354. The van der Waals surface area contributed by atoms with E-state index in [9.17, 15) is 13.2 Å². The van der Waals surface area contributed by atoms with Gasteiger partial charge in [-0.3, -0.25) is 4.55 Å². The average Bonchev–Trinajstić information content (AvgIpc) is 2.02. The first-order chi connectivity index (χ1) is 5.88. The number of esters is 1. The van der Waals surface area contributed by atoms with E-state index in [2.05, 4.69) is 11.3 Å². The van der Waals surface area contributed by atoms with Crippen molar-refractivity contribution >= 4 is 16.1 Å². The predicted octanol–water partition coefficient (Wildman–Crippen LogP) is -0.688. The summed E-state index contributed by atoms with van der Waals surface area (Å²) in [4.78, 5) is 10.4. The third-order valence-corrected chi connectivity index (χ3v) is 2.04.